The molecule has 0 saturated carbocycles. The topological polar surface area (TPSA) is 115 Å². The molecule has 202 valence electrons. The highest BCUT2D eigenvalue weighted by atomic mass is 32.1. The van der Waals surface area contributed by atoms with E-state index in [2.05, 4.69) is 10.6 Å². The summed E-state index contributed by atoms with van der Waals surface area (Å²) in [5.74, 6) is -0.0764. The highest BCUT2D eigenvalue weighted by molar-refractivity contribution is 7.80. The van der Waals surface area contributed by atoms with Crippen LogP contribution < -0.4 is 20.1 Å². The quantitative estimate of drug-likeness (QED) is 0.265. The largest absolute Gasteiger partial charge is 0.490 e. The third-order valence-electron chi connectivity index (χ3n) is 6.09. The lowest BCUT2D eigenvalue weighted by atomic mass is 10.1. The third kappa shape index (κ3) is 7.90. The number of benzene rings is 2. The Kier molecular flexibility index (Phi) is 9.88. The minimum Gasteiger partial charge on any atom is -0.490 e. The fraction of sp³-hybridized carbons (Fsp3) is 0.407. The zero-order valence-corrected chi connectivity index (χ0v) is 21.7. The van der Waals surface area contributed by atoms with Gasteiger partial charge < -0.3 is 29.2 Å². The van der Waals surface area contributed by atoms with Crippen LogP contribution in [0.4, 0.5) is 0 Å². The molecule has 0 bridgehead atoms. The number of hydrogen-bond donors (Lipinski definition) is 2. The van der Waals surface area contributed by atoms with E-state index in [-0.39, 0.29) is 30.2 Å². The zero-order valence-electron chi connectivity index (χ0n) is 20.9. The van der Waals surface area contributed by atoms with Crippen molar-refractivity contribution in [2.24, 2.45) is 0 Å². The minimum atomic E-state index is -0.882. The van der Waals surface area contributed by atoms with Crippen LogP contribution in [-0.4, -0.2) is 79.5 Å². The van der Waals surface area contributed by atoms with Gasteiger partial charge in [-0.1, -0.05) is 24.3 Å². The number of rotatable bonds is 10. The number of para-hydroxylation sites is 1. The number of carbonyl (C=O) groups is 3. The summed E-state index contributed by atoms with van der Waals surface area (Å²) in [6.07, 6.45) is 1.48. The Hall–Kier alpha value is -3.70. The van der Waals surface area contributed by atoms with E-state index < -0.39 is 17.9 Å². The second kappa shape index (κ2) is 13.7. The van der Waals surface area contributed by atoms with Gasteiger partial charge in [0, 0.05) is 25.3 Å². The van der Waals surface area contributed by atoms with Gasteiger partial charge in [-0.05, 0) is 55.4 Å². The van der Waals surface area contributed by atoms with Gasteiger partial charge in [0.15, 0.2) is 5.11 Å². The third-order valence-corrected chi connectivity index (χ3v) is 6.42. The number of piperazine rings is 1. The highest BCUT2D eigenvalue weighted by Crippen LogP contribution is 2.16. The molecular weight excluding hydrogens is 510 g/mol. The monoisotopic (exact) mass is 541 g/mol. The first kappa shape index (κ1) is 27.3. The molecule has 0 aromatic heterocycles. The molecular formula is C27H31N3O7S. The van der Waals surface area contributed by atoms with Gasteiger partial charge in [0.05, 0.1) is 12.5 Å². The molecule has 2 heterocycles. The first-order valence-corrected chi connectivity index (χ1v) is 13.0. The predicted molar refractivity (Wildman–Crippen MR) is 142 cm³/mol. The normalized spacial score (nSPS) is 18.8. The number of esters is 1. The van der Waals surface area contributed by atoms with E-state index >= 15 is 0 Å². The van der Waals surface area contributed by atoms with Crippen LogP contribution in [0, 0.1) is 0 Å². The van der Waals surface area contributed by atoms with Crippen LogP contribution in [0.15, 0.2) is 54.6 Å². The van der Waals surface area contributed by atoms with E-state index in [1.807, 2.05) is 30.3 Å². The summed E-state index contributed by atoms with van der Waals surface area (Å²) < 4.78 is 22.1. The molecule has 0 aliphatic carbocycles. The molecule has 10 nitrogen and oxygen atoms in total. The second-order valence-corrected chi connectivity index (χ2v) is 9.21. The Morgan fingerprint density at radius 1 is 1.08 bits per heavy atom. The second-order valence-electron chi connectivity index (χ2n) is 8.82. The maximum Gasteiger partial charge on any atom is 0.308 e. The van der Waals surface area contributed by atoms with Crippen molar-refractivity contribution in [1.29, 1.82) is 0 Å². The van der Waals surface area contributed by atoms with Gasteiger partial charge in [0.1, 0.15) is 37.4 Å². The first-order valence-electron chi connectivity index (χ1n) is 12.6. The molecule has 2 atom stereocenters. The molecule has 0 radical (unpaired) electrons. The molecule has 2 unspecified atom stereocenters. The molecule has 2 N–H and O–H groups in total. The van der Waals surface area contributed by atoms with Crippen molar-refractivity contribution in [2.75, 3.05) is 39.5 Å². The van der Waals surface area contributed by atoms with Crippen molar-refractivity contribution in [2.45, 2.75) is 31.4 Å². The number of hydrogen-bond acceptors (Lipinski definition) is 8. The number of amides is 2. The smallest absolute Gasteiger partial charge is 0.308 e. The summed E-state index contributed by atoms with van der Waals surface area (Å²) in [4.78, 5) is 39.4. The van der Waals surface area contributed by atoms with Crippen LogP contribution in [-0.2, 0) is 19.1 Å². The molecule has 2 fully saturated rings. The van der Waals surface area contributed by atoms with Crippen LogP contribution in [0.1, 0.15) is 29.6 Å². The minimum absolute atomic E-state index is 0.0596. The first-order chi connectivity index (χ1) is 18.5. The van der Waals surface area contributed by atoms with Crippen LogP contribution in [0.5, 0.6) is 11.5 Å². The Morgan fingerprint density at radius 2 is 1.84 bits per heavy atom. The SMILES string of the molecule is O=C(CC1C(=O)NCCN1C(=S)NC(=O)c1cccc(OCCOc2ccccc2)c1)OCC1CCCO1. The number of ether oxygens (including phenoxy) is 4. The maximum atomic E-state index is 12.9. The van der Waals surface area contributed by atoms with Crippen LogP contribution in [0.3, 0.4) is 0 Å². The molecule has 11 heteroatoms. The van der Waals surface area contributed by atoms with Crippen LogP contribution in [0.25, 0.3) is 0 Å². The van der Waals surface area contributed by atoms with Crippen molar-refractivity contribution in [3.8, 4) is 11.5 Å². The number of nitrogens with one attached hydrogen (secondary N) is 2. The summed E-state index contributed by atoms with van der Waals surface area (Å²) in [6, 6.07) is 15.2. The Morgan fingerprint density at radius 3 is 2.61 bits per heavy atom. The number of thiocarbonyl (C=S) groups is 1. The Balaban J connectivity index is 1.28. The van der Waals surface area contributed by atoms with Crippen molar-refractivity contribution in [1.82, 2.24) is 15.5 Å². The van der Waals surface area contributed by atoms with Gasteiger partial charge in [0.25, 0.3) is 5.91 Å². The number of nitrogens with zero attached hydrogens (tertiary/aromatic N) is 1. The fourth-order valence-corrected chi connectivity index (χ4v) is 4.45. The van der Waals surface area contributed by atoms with E-state index in [4.69, 9.17) is 31.2 Å². The van der Waals surface area contributed by atoms with Gasteiger partial charge in [-0.25, -0.2) is 0 Å². The molecule has 2 aromatic rings. The van der Waals surface area contributed by atoms with E-state index in [1.54, 1.807) is 29.2 Å². The summed E-state index contributed by atoms with van der Waals surface area (Å²) in [5, 5.41) is 5.46. The average Bonchev–Trinajstić information content (AvgIpc) is 3.46. The van der Waals surface area contributed by atoms with Crippen molar-refractivity contribution < 1.29 is 33.3 Å². The van der Waals surface area contributed by atoms with E-state index in [0.29, 0.717) is 44.2 Å². The summed E-state index contributed by atoms with van der Waals surface area (Å²) in [7, 11) is 0. The van der Waals surface area contributed by atoms with Gasteiger partial charge in [-0.2, -0.15) is 0 Å². The molecule has 38 heavy (non-hydrogen) atoms. The summed E-state index contributed by atoms with van der Waals surface area (Å²) >= 11 is 5.44. The van der Waals surface area contributed by atoms with Gasteiger partial charge in [-0.3, -0.25) is 19.7 Å². The highest BCUT2D eigenvalue weighted by Gasteiger charge is 2.34. The van der Waals surface area contributed by atoms with Crippen molar-refractivity contribution in [3.63, 3.8) is 0 Å². The molecule has 2 aliphatic rings. The van der Waals surface area contributed by atoms with Crippen molar-refractivity contribution in [3.05, 3.63) is 60.2 Å². The molecule has 2 aliphatic heterocycles. The molecule has 2 amide bonds. The number of carbonyl (C=O) groups excluding carboxylic acids is 3. The van der Waals surface area contributed by atoms with E-state index in [9.17, 15) is 14.4 Å². The lowest BCUT2D eigenvalue weighted by molar-refractivity contribution is -0.150. The predicted octanol–water partition coefficient (Wildman–Crippen LogP) is 2.07. The molecule has 4 rings (SSSR count). The zero-order chi connectivity index (χ0) is 26.7. The molecule has 0 spiro atoms. The lowest BCUT2D eigenvalue weighted by Gasteiger charge is -2.36. The van der Waals surface area contributed by atoms with Gasteiger partial charge >= 0.3 is 5.97 Å². The van der Waals surface area contributed by atoms with E-state index in [0.717, 1.165) is 18.6 Å². The van der Waals surface area contributed by atoms with Gasteiger partial charge in [-0.15, -0.1) is 0 Å². The summed E-state index contributed by atoms with van der Waals surface area (Å²) in [6.45, 7) is 2.15. The molecule has 2 aromatic carbocycles. The molecule has 2 saturated heterocycles. The average molecular weight is 542 g/mol. The Labute approximate surface area is 226 Å². The van der Waals surface area contributed by atoms with Crippen LogP contribution in [0.2, 0.25) is 0 Å². The van der Waals surface area contributed by atoms with Crippen molar-refractivity contribution >= 4 is 35.1 Å². The van der Waals surface area contributed by atoms with Crippen LogP contribution >= 0.6 is 12.2 Å². The summed E-state index contributed by atoms with van der Waals surface area (Å²) in [5.41, 5.74) is 0.336. The Bertz CT molecular complexity index is 1120. The lowest BCUT2D eigenvalue weighted by Crippen LogP contribution is -2.60. The fourth-order valence-electron chi connectivity index (χ4n) is 4.14. The maximum absolute atomic E-state index is 12.9. The standard InChI is InChI=1S/C27H31N3O7S/c31-24(37-18-22-10-5-13-34-22)17-23-26(33)28-11-12-30(23)27(38)29-25(32)19-6-4-9-21(16-19)36-15-14-35-20-7-2-1-3-8-20/h1-4,6-9,16,22-23H,5,10-15,17-18H2,(H,28,33)(H,29,32,38). The van der Waals surface area contributed by atoms with E-state index in [1.165, 1.54) is 0 Å². The van der Waals surface area contributed by atoms with Gasteiger partial charge in [0.2, 0.25) is 5.91 Å².